The van der Waals surface area contributed by atoms with Crippen molar-refractivity contribution in [3.05, 3.63) is 76.6 Å². The summed E-state index contributed by atoms with van der Waals surface area (Å²) < 4.78 is 13.0. The van der Waals surface area contributed by atoms with Crippen LogP contribution in [0.3, 0.4) is 0 Å². The first kappa shape index (κ1) is 29.0. The molecule has 3 heterocycles. The van der Waals surface area contributed by atoms with Crippen molar-refractivity contribution in [2.75, 3.05) is 26.9 Å². The van der Waals surface area contributed by atoms with E-state index in [0.717, 1.165) is 34.1 Å². The molecule has 2 aromatic carbocycles. The molecule has 0 bridgehead atoms. The summed E-state index contributed by atoms with van der Waals surface area (Å²) >= 11 is 0. The van der Waals surface area contributed by atoms with E-state index >= 15 is 0 Å². The van der Waals surface area contributed by atoms with E-state index in [9.17, 15) is 14.7 Å². The Labute approximate surface area is 243 Å². The number of hydrogen-bond acceptors (Lipinski definition) is 8. The number of hydrogen-bond donors (Lipinski definition) is 5. The van der Waals surface area contributed by atoms with Crippen LogP contribution >= 0.6 is 0 Å². The highest BCUT2D eigenvalue weighted by atomic mass is 16.5. The zero-order chi connectivity index (χ0) is 29.8. The summed E-state index contributed by atoms with van der Waals surface area (Å²) in [4.78, 5) is 37.6. The first-order valence-electron chi connectivity index (χ1n) is 13.8. The molecule has 1 aliphatic rings. The van der Waals surface area contributed by atoms with Gasteiger partial charge in [0.25, 0.3) is 5.91 Å². The summed E-state index contributed by atoms with van der Waals surface area (Å²) in [5.74, 6) is 0.371. The van der Waals surface area contributed by atoms with Crippen molar-refractivity contribution >= 4 is 28.6 Å². The molecule has 0 saturated carbocycles. The van der Waals surface area contributed by atoms with Gasteiger partial charge in [-0.3, -0.25) is 4.79 Å². The number of rotatable bonds is 12. The number of carbonyl (C=O) groups is 2. The summed E-state index contributed by atoms with van der Waals surface area (Å²) in [5.41, 5.74) is 4.71. The SMILES string of the molecule is COCCn1c(C(C)c2nc3c([nH]2)CNC(C(C)=N)C3)nc2ccc(C(=O)NCCOc3ccccc3C(=O)O)cc21. The number of imidazole rings is 2. The third kappa shape index (κ3) is 6.04. The van der Waals surface area contributed by atoms with E-state index in [1.807, 2.05) is 12.1 Å². The highest BCUT2D eigenvalue weighted by Gasteiger charge is 2.27. The molecule has 0 fully saturated rings. The van der Waals surface area contributed by atoms with Crippen LogP contribution in [0, 0.1) is 5.41 Å². The summed E-state index contributed by atoms with van der Waals surface area (Å²) in [6.45, 7) is 5.83. The molecule has 0 radical (unpaired) electrons. The number of carboxylic acid groups (broad SMARTS) is 1. The lowest BCUT2D eigenvalue weighted by Gasteiger charge is -2.21. The van der Waals surface area contributed by atoms with Crippen LogP contribution < -0.4 is 15.4 Å². The molecule has 42 heavy (non-hydrogen) atoms. The van der Waals surface area contributed by atoms with E-state index in [1.165, 1.54) is 6.07 Å². The molecular weight excluding hydrogens is 538 g/mol. The highest BCUT2D eigenvalue weighted by molar-refractivity contribution is 5.97. The van der Waals surface area contributed by atoms with Gasteiger partial charge in [0.15, 0.2) is 0 Å². The van der Waals surface area contributed by atoms with Crippen LogP contribution in [0.25, 0.3) is 11.0 Å². The van der Waals surface area contributed by atoms with E-state index in [1.54, 1.807) is 38.3 Å². The largest absolute Gasteiger partial charge is 0.491 e. The molecule has 0 aliphatic carbocycles. The fraction of sp³-hybridized carbons (Fsp3) is 0.367. The van der Waals surface area contributed by atoms with Crippen molar-refractivity contribution in [1.82, 2.24) is 30.2 Å². The van der Waals surface area contributed by atoms with Crippen molar-refractivity contribution in [2.24, 2.45) is 0 Å². The van der Waals surface area contributed by atoms with Crippen molar-refractivity contribution in [3.8, 4) is 5.75 Å². The Morgan fingerprint density at radius 2 is 2.02 bits per heavy atom. The lowest BCUT2D eigenvalue weighted by atomic mass is 10.0. The van der Waals surface area contributed by atoms with Crippen molar-refractivity contribution in [2.45, 2.75) is 45.3 Å². The zero-order valence-corrected chi connectivity index (χ0v) is 23.9. The van der Waals surface area contributed by atoms with Gasteiger partial charge in [0.2, 0.25) is 0 Å². The minimum Gasteiger partial charge on any atom is -0.491 e. The van der Waals surface area contributed by atoms with Gasteiger partial charge in [-0.2, -0.15) is 0 Å². The number of methoxy groups -OCH3 is 1. The first-order valence-corrected chi connectivity index (χ1v) is 13.8. The lowest BCUT2D eigenvalue weighted by Crippen LogP contribution is -2.40. The summed E-state index contributed by atoms with van der Waals surface area (Å²) in [6.07, 6.45) is 0.670. The number of benzene rings is 2. The Bertz CT molecular complexity index is 1630. The van der Waals surface area contributed by atoms with Crippen molar-refractivity contribution in [1.29, 1.82) is 5.41 Å². The average Bonchev–Trinajstić information content (AvgIpc) is 3.58. The molecule has 5 N–H and O–H groups in total. The fourth-order valence-corrected chi connectivity index (χ4v) is 5.13. The standard InChI is InChI=1S/C30H35N7O5/c1-17(27-34-23-15-22(18(2)31)33-16-24(23)35-27)28-36-21-9-8-19(14-25(21)37(28)11-13-41-3)29(38)32-10-12-42-26-7-5-4-6-20(26)30(39)40/h4-9,14,17,22,31,33H,10-13,15-16H2,1-3H3,(H,32,38)(H,34,35)(H,39,40). The molecule has 5 rings (SSSR count). The van der Waals surface area contributed by atoms with E-state index in [-0.39, 0.29) is 42.3 Å². The van der Waals surface area contributed by atoms with E-state index in [0.29, 0.717) is 37.4 Å². The van der Waals surface area contributed by atoms with E-state index in [4.69, 9.17) is 24.9 Å². The van der Waals surface area contributed by atoms with Gasteiger partial charge in [-0.15, -0.1) is 0 Å². The molecule has 220 valence electrons. The molecule has 2 atom stereocenters. The van der Waals surface area contributed by atoms with Gasteiger partial charge < -0.3 is 40.2 Å². The molecule has 1 aliphatic heterocycles. The predicted molar refractivity (Wildman–Crippen MR) is 157 cm³/mol. The molecule has 12 nitrogen and oxygen atoms in total. The van der Waals surface area contributed by atoms with Gasteiger partial charge in [-0.05, 0) is 44.2 Å². The Morgan fingerprint density at radius 1 is 1.21 bits per heavy atom. The van der Waals surface area contributed by atoms with Crippen LogP contribution in [-0.2, 0) is 24.2 Å². The Hall–Kier alpha value is -4.55. The van der Waals surface area contributed by atoms with Crippen LogP contribution in [0.5, 0.6) is 5.75 Å². The highest BCUT2D eigenvalue weighted by Crippen LogP contribution is 2.28. The number of H-pyrrole nitrogens is 1. The number of aromatic carboxylic acids is 1. The van der Waals surface area contributed by atoms with Crippen LogP contribution in [0.2, 0.25) is 0 Å². The van der Waals surface area contributed by atoms with Crippen LogP contribution in [0.4, 0.5) is 0 Å². The Balaban J connectivity index is 1.33. The number of nitrogens with one attached hydrogen (secondary N) is 4. The van der Waals surface area contributed by atoms with Crippen molar-refractivity contribution in [3.63, 3.8) is 0 Å². The van der Waals surface area contributed by atoms with Gasteiger partial charge in [0, 0.05) is 37.9 Å². The maximum atomic E-state index is 13.0. The van der Waals surface area contributed by atoms with Gasteiger partial charge in [-0.1, -0.05) is 12.1 Å². The molecule has 1 amide bonds. The van der Waals surface area contributed by atoms with E-state index in [2.05, 4.69) is 27.1 Å². The monoisotopic (exact) mass is 573 g/mol. The average molecular weight is 574 g/mol. The summed E-state index contributed by atoms with van der Waals surface area (Å²) in [7, 11) is 1.65. The third-order valence-corrected chi connectivity index (χ3v) is 7.45. The second-order valence-corrected chi connectivity index (χ2v) is 10.3. The molecule has 2 unspecified atom stereocenters. The maximum absolute atomic E-state index is 13.0. The predicted octanol–water partition coefficient (Wildman–Crippen LogP) is 3.12. The number of carboxylic acids is 1. The normalized spacial score (nSPS) is 15.3. The fourth-order valence-electron chi connectivity index (χ4n) is 5.13. The molecule has 12 heteroatoms. The minimum atomic E-state index is -1.07. The molecule has 2 aromatic heterocycles. The molecule has 4 aromatic rings. The molecule has 0 spiro atoms. The Kier molecular flexibility index (Phi) is 8.64. The number of nitrogens with zero attached hydrogens (tertiary/aromatic N) is 3. The minimum absolute atomic E-state index is 0.00749. The smallest absolute Gasteiger partial charge is 0.339 e. The van der Waals surface area contributed by atoms with Crippen LogP contribution in [0.1, 0.15) is 63.5 Å². The second kappa shape index (κ2) is 12.5. The summed E-state index contributed by atoms with van der Waals surface area (Å²) in [5, 5.41) is 23.5. The van der Waals surface area contributed by atoms with Gasteiger partial charge in [-0.25, -0.2) is 14.8 Å². The van der Waals surface area contributed by atoms with Crippen molar-refractivity contribution < 1.29 is 24.2 Å². The number of ether oxygens (including phenoxy) is 2. The van der Waals surface area contributed by atoms with Crippen LogP contribution in [0.15, 0.2) is 42.5 Å². The first-order chi connectivity index (χ1) is 20.3. The third-order valence-electron chi connectivity index (χ3n) is 7.45. The Morgan fingerprint density at radius 3 is 2.79 bits per heavy atom. The lowest BCUT2D eigenvalue weighted by molar-refractivity contribution is 0.0691. The molecule has 0 saturated heterocycles. The summed E-state index contributed by atoms with van der Waals surface area (Å²) in [6, 6.07) is 11.8. The number of aromatic nitrogens is 4. The van der Waals surface area contributed by atoms with E-state index < -0.39 is 5.97 Å². The second-order valence-electron chi connectivity index (χ2n) is 10.3. The number of amides is 1. The van der Waals surface area contributed by atoms with Gasteiger partial charge in [0.05, 0.1) is 47.5 Å². The van der Waals surface area contributed by atoms with Gasteiger partial charge >= 0.3 is 5.97 Å². The topological polar surface area (TPSA) is 167 Å². The number of carbonyl (C=O) groups excluding carboxylic acids is 1. The number of fused-ring (bicyclic) bond motifs is 2. The number of para-hydroxylation sites is 1. The maximum Gasteiger partial charge on any atom is 0.339 e. The quantitative estimate of drug-likeness (QED) is 0.127. The number of aromatic amines is 1. The zero-order valence-electron chi connectivity index (χ0n) is 23.9. The van der Waals surface area contributed by atoms with Gasteiger partial charge in [0.1, 0.15) is 29.6 Å². The molecular formula is C30H35N7O5. The van der Waals surface area contributed by atoms with Crippen LogP contribution in [-0.4, -0.2) is 75.1 Å².